The molecule has 4 rings (SSSR count). The van der Waals surface area contributed by atoms with Gasteiger partial charge >= 0.3 is 0 Å². The monoisotopic (exact) mass is 461 g/mol. The van der Waals surface area contributed by atoms with Crippen molar-refractivity contribution in [3.05, 3.63) is 87.8 Å². The molecule has 1 aliphatic rings. The first-order valence-electron chi connectivity index (χ1n) is 8.88. The van der Waals surface area contributed by atoms with E-state index in [0.717, 1.165) is 5.57 Å². The molecule has 1 aromatic heterocycles. The van der Waals surface area contributed by atoms with Crippen LogP contribution in [-0.4, -0.2) is 18.3 Å². The zero-order valence-electron chi connectivity index (χ0n) is 15.6. The zero-order valence-corrected chi connectivity index (χ0v) is 18.0. The minimum absolute atomic E-state index is 0.0309. The third-order valence-electron chi connectivity index (χ3n) is 4.64. The number of allylic oxidation sites excluding steroid dienone is 4. The zero-order chi connectivity index (χ0) is 21.4. The van der Waals surface area contributed by atoms with Crippen LogP contribution in [0.3, 0.4) is 0 Å². The summed E-state index contributed by atoms with van der Waals surface area (Å²) in [4.78, 5) is 5.60. The third kappa shape index (κ3) is 4.01. The van der Waals surface area contributed by atoms with E-state index in [-0.39, 0.29) is 15.7 Å². The van der Waals surface area contributed by atoms with Crippen molar-refractivity contribution in [2.75, 3.05) is 0 Å². The van der Waals surface area contributed by atoms with E-state index < -0.39 is 22.0 Å². The van der Waals surface area contributed by atoms with Gasteiger partial charge < -0.3 is 0 Å². The lowest BCUT2D eigenvalue weighted by Crippen LogP contribution is -2.12. The molecule has 0 radical (unpaired) electrons. The number of benzene rings is 2. The number of aromatic nitrogens is 1. The lowest BCUT2D eigenvalue weighted by atomic mass is 9.93. The first-order chi connectivity index (χ1) is 14.3. The van der Waals surface area contributed by atoms with Crippen molar-refractivity contribution in [2.24, 2.45) is 0 Å². The summed E-state index contributed by atoms with van der Waals surface area (Å²) < 4.78 is 50.8. The molecule has 2 aromatic carbocycles. The van der Waals surface area contributed by atoms with E-state index in [9.17, 15) is 17.2 Å². The Bertz CT molecular complexity index is 1330. The van der Waals surface area contributed by atoms with E-state index >= 15 is 0 Å². The molecular formula is C22H14ClF2NO2S2. The average molecular weight is 462 g/mol. The number of rotatable bonds is 3. The molecule has 0 amide bonds. The molecule has 152 valence electrons. The van der Waals surface area contributed by atoms with E-state index in [2.05, 4.69) is 4.98 Å². The molecule has 0 aliphatic heterocycles. The van der Waals surface area contributed by atoms with Crippen molar-refractivity contribution in [3.63, 3.8) is 0 Å². The summed E-state index contributed by atoms with van der Waals surface area (Å²) in [5, 5.41) is 0.526. The number of hydrogen-bond donors (Lipinski definition) is 0. The van der Waals surface area contributed by atoms with Gasteiger partial charge in [0.2, 0.25) is 10.3 Å². The summed E-state index contributed by atoms with van der Waals surface area (Å²) in [6.07, 6.45) is 5.28. The van der Waals surface area contributed by atoms with Crippen molar-refractivity contribution in [3.8, 4) is 21.8 Å². The molecule has 0 spiro atoms. The maximum absolute atomic E-state index is 13.6. The van der Waals surface area contributed by atoms with Gasteiger partial charge in [0.25, 0.3) is 0 Å². The smallest absolute Gasteiger partial charge is 0.218 e. The summed E-state index contributed by atoms with van der Waals surface area (Å²) in [5.74, 6) is -1.46. The van der Waals surface area contributed by atoms with Crippen LogP contribution in [0.15, 0.2) is 66.3 Å². The van der Waals surface area contributed by atoms with Crippen LogP contribution < -0.4 is 0 Å². The number of thiazole rings is 1. The van der Waals surface area contributed by atoms with Crippen LogP contribution in [0.25, 0.3) is 21.8 Å². The van der Waals surface area contributed by atoms with Gasteiger partial charge in [0.15, 0.2) is 0 Å². The first kappa shape index (κ1) is 20.7. The maximum atomic E-state index is 13.6. The van der Waals surface area contributed by atoms with Crippen molar-refractivity contribution >= 4 is 38.1 Å². The molecule has 0 N–H and O–H groups in total. The summed E-state index contributed by atoms with van der Waals surface area (Å²) in [5.41, 5.74) is 2.62. The Morgan fingerprint density at radius 1 is 1.07 bits per heavy atom. The molecule has 1 aliphatic carbocycles. The Labute approximate surface area is 182 Å². The Hall–Kier alpha value is -2.61. The summed E-state index contributed by atoms with van der Waals surface area (Å²) in [6.45, 7) is 1.82. The van der Waals surface area contributed by atoms with Gasteiger partial charge in [-0.2, -0.15) is 8.42 Å². The Morgan fingerprint density at radius 2 is 1.77 bits per heavy atom. The topological polar surface area (TPSA) is 47.0 Å². The standard InChI is InChI=1S/C22H14ClF2NO2S2/c1-12-2-8-16(19(10-12)30(27)28)21-20(13-3-6-15(24)7-4-13)26-22(29-21)14-5-9-18(25)17(23)11-14/h2-11,16H,1H3. The van der Waals surface area contributed by atoms with E-state index in [1.54, 1.807) is 24.3 Å². The summed E-state index contributed by atoms with van der Waals surface area (Å²) >= 11 is 7.22. The predicted octanol–water partition coefficient (Wildman–Crippen LogP) is 6.06. The van der Waals surface area contributed by atoms with Crippen LogP contribution in [0.2, 0.25) is 5.02 Å². The van der Waals surface area contributed by atoms with E-state index in [1.165, 1.54) is 35.6 Å². The minimum atomic E-state index is -2.43. The Morgan fingerprint density at radius 3 is 2.43 bits per heavy atom. The Balaban J connectivity index is 1.93. The summed E-state index contributed by atoms with van der Waals surface area (Å²) in [6, 6.07) is 10.1. The number of nitrogens with zero attached hydrogens (tertiary/aromatic N) is 1. The minimum Gasteiger partial charge on any atom is -0.236 e. The number of hydrogen-bond acceptors (Lipinski definition) is 4. The van der Waals surface area contributed by atoms with Gasteiger partial charge in [-0.25, -0.2) is 13.8 Å². The van der Waals surface area contributed by atoms with Crippen LogP contribution in [0, 0.1) is 11.6 Å². The van der Waals surface area contributed by atoms with Crippen LogP contribution in [0.1, 0.15) is 17.7 Å². The fraction of sp³-hybridized carbons (Fsp3) is 0.0909. The Kier molecular flexibility index (Phi) is 5.69. The highest BCUT2D eigenvalue weighted by Gasteiger charge is 2.26. The molecule has 0 saturated heterocycles. The van der Waals surface area contributed by atoms with Gasteiger partial charge in [-0.3, -0.25) is 0 Å². The largest absolute Gasteiger partial charge is 0.236 e. The molecule has 1 unspecified atom stereocenters. The van der Waals surface area contributed by atoms with Gasteiger partial charge in [0, 0.05) is 16.0 Å². The van der Waals surface area contributed by atoms with Crippen molar-refractivity contribution in [1.29, 1.82) is 0 Å². The van der Waals surface area contributed by atoms with E-state index in [1.807, 2.05) is 19.1 Å². The summed E-state index contributed by atoms with van der Waals surface area (Å²) in [7, 11) is -2.43. The molecule has 1 atom stereocenters. The molecular weight excluding hydrogens is 448 g/mol. The fourth-order valence-electron chi connectivity index (χ4n) is 3.18. The molecule has 1 heterocycles. The highest BCUT2D eigenvalue weighted by atomic mass is 35.5. The fourth-order valence-corrected chi connectivity index (χ4v) is 5.31. The average Bonchev–Trinajstić information content (AvgIpc) is 3.15. The SMILES string of the molecule is CC1=CC(=S(=O)=O)C(c2sc(-c3ccc(F)c(Cl)c3)nc2-c2ccc(F)cc2)C=C1. The number of halogens is 3. The van der Waals surface area contributed by atoms with Gasteiger partial charge in [-0.1, -0.05) is 29.3 Å². The second-order valence-electron chi connectivity index (χ2n) is 6.73. The first-order valence-corrected chi connectivity index (χ1v) is 11.1. The molecule has 30 heavy (non-hydrogen) atoms. The highest BCUT2D eigenvalue weighted by Crippen LogP contribution is 2.41. The second kappa shape index (κ2) is 8.26. The quantitative estimate of drug-likeness (QED) is 0.445. The van der Waals surface area contributed by atoms with Crippen LogP contribution in [0.5, 0.6) is 0 Å². The van der Waals surface area contributed by atoms with Crippen LogP contribution in [0.4, 0.5) is 8.78 Å². The maximum Gasteiger partial charge on any atom is 0.218 e. The normalized spacial score (nSPS) is 15.9. The van der Waals surface area contributed by atoms with Gasteiger partial charge in [0.05, 0.1) is 21.5 Å². The third-order valence-corrected chi connectivity index (χ3v) is 6.87. The molecule has 8 heteroatoms. The molecule has 3 nitrogen and oxygen atoms in total. The highest BCUT2D eigenvalue weighted by molar-refractivity contribution is 7.73. The van der Waals surface area contributed by atoms with Gasteiger partial charge in [0.1, 0.15) is 16.6 Å². The molecule has 0 fully saturated rings. The van der Waals surface area contributed by atoms with Gasteiger partial charge in [-0.15, -0.1) is 11.3 Å². The van der Waals surface area contributed by atoms with E-state index in [4.69, 9.17) is 11.6 Å². The molecule has 3 aromatic rings. The van der Waals surface area contributed by atoms with E-state index in [0.29, 0.717) is 26.7 Å². The lowest BCUT2D eigenvalue weighted by Gasteiger charge is -2.15. The van der Waals surface area contributed by atoms with Crippen molar-refractivity contribution in [2.45, 2.75) is 12.8 Å². The van der Waals surface area contributed by atoms with Gasteiger partial charge in [-0.05, 0) is 55.5 Å². The van der Waals surface area contributed by atoms with Crippen LogP contribution >= 0.6 is 22.9 Å². The second-order valence-corrected chi connectivity index (χ2v) is 9.11. The lowest BCUT2D eigenvalue weighted by molar-refractivity contribution is 0.626. The molecule has 0 saturated carbocycles. The molecule has 0 bridgehead atoms. The van der Waals surface area contributed by atoms with Crippen molar-refractivity contribution in [1.82, 2.24) is 4.98 Å². The predicted molar refractivity (Wildman–Crippen MR) is 117 cm³/mol. The van der Waals surface area contributed by atoms with Crippen LogP contribution in [-0.2, 0) is 10.3 Å². The van der Waals surface area contributed by atoms with Crippen molar-refractivity contribution < 1.29 is 17.2 Å².